The topological polar surface area (TPSA) is 42.7 Å². The van der Waals surface area contributed by atoms with Crippen molar-refractivity contribution in [1.82, 2.24) is 19.9 Å². The molecule has 1 aliphatic rings. The number of aryl methyl sites for hydroxylation is 1. The second-order valence-electron chi connectivity index (χ2n) is 6.54. The third kappa shape index (κ3) is 2.25. The molecule has 1 aliphatic heterocycles. The zero-order valence-corrected chi connectivity index (χ0v) is 14.6. The van der Waals surface area contributed by atoms with Gasteiger partial charge in [-0.05, 0) is 25.1 Å². The van der Waals surface area contributed by atoms with Gasteiger partial charge >= 0.3 is 0 Å². The molecule has 5 rings (SSSR count). The van der Waals surface area contributed by atoms with Gasteiger partial charge in [-0.1, -0.05) is 41.9 Å². The normalized spacial score (nSPS) is 15.0. The van der Waals surface area contributed by atoms with Crippen molar-refractivity contribution in [1.29, 1.82) is 0 Å². The molecule has 0 bridgehead atoms. The molecular formula is C20H17ClN4. The predicted octanol–water partition coefficient (Wildman–Crippen LogP) is 4.36. The lowest BCUT2D eigenvalue weighted by molar-refractivity contribution is 0.353. The number of nitrogens with one attached hydrogen (secondary N) is 1. The smallest absolute Gasteiger partial charge is 0.141 e. The Kier molecular flexibility index (Phi) is 3.30. The highest BCUT2D eigenvalue weighted by atomic mass is 35.5. The van der Waals surface area contributed by atoms with Gasteiger partial charge in [0.1, 0.15) is 11.3 Å². The first-order valence-corrected chi connectivity index (χ1v) is 8.84. The van der Waals surface area contributed by atoms with Crippen molar-refractivity contribution >= 4 is 33.5 Å². The summed E-state index contributed by atoms with van der Waals surface area (Å²) in [6.07, 6.45) is 0. The Morgan fingerprint density at radius 2 is 1.88 bits per heavy atom. The van der Waals surface area contributed by atoms with Crippen LogP contribution >= 0.6 is 11.6 Å². The first kappa shape index (κ1) is 14.9. The molecule has 0 aliphatic carbocycles. The van der Waals surface area contributed by atoms with Crippen molar-refractivity contribution in [3.8, 4) is 11.4 Å². The lowest BCUT2D eigenvalue weighted by Gasteiger charge is -2.30. The third-order valence-electron chi connectivity index (χ3n) is 4.91. The molecule has 0 radical (unpaired) electrons. The average Bonchev–Trinajstić information content (AvgIpc) is 2.95. The monoisotopic (exact) mass is 348 g/mol. The first-order valence-electron chi connectivity index (χ1n) is 8.46. The van der Waals surface area contributed by atoms with Gasteiger partial charge in [-0.3, -0.25) is 4.98 Å². The number of hydrogen-bond acceptors (Lipinski definition) is 3. The van der Waals surface area contributed by atoms with E-state index in [1.165, 1.54) is 0 Å². The van der Waals surface area contributed by atoms with Gasteiger partial charge in [0.05, 0.1) is 22.8 Å². The summed E-state index contributed by atoms with van der Waals surface area (Å²) in [5, 5.41) is 5.19. The Morgan fingerprint density at radius 1 is 1.08 bits per heavy atom. The van der Waals surface area contributed by atoms with E-state index >= 15 is 0 Å². The first-order chi connectivity index (χ1) is 12.2. The third-order valence-corrected chi connectivity index (χ3v) is 5.15. The van der Waals surface area contributed by atoms with E-state index in [4.69, 9.17) is 21.6 Å². The molecule has 0 atom stereocenters. The molecule has 5 heteroatoms. The molecule has 3 heterocycles. The van der Waals surface area contributed by atoms with Crippen LogP contribution in [0, 0.1) is 6.92 Å². The van der Waals surface area contributed by atoms with Gasteiger partial charge in [-0.2, -0.15) is 0 Å². The summed E-state index contributed by atoms with van der Waals surface area (Å²) in [4.78, 5) is 9.74. The van der Waals surface area contributed by atoms with Crippen LogP contribution in [0.4, 0.5) is 0 Å². The van der Waals surface area contributed by atoms with Crippen LogP contribution < -0.4 is 5.32 Å². The predicted molar refractivity (Wildman–Crippen MR) is 102 cm³/mol. The standard InChI is InChI=1S/C20H17ClN4/c1-12-18-19(16-8-7-14(21)9-17(16)23-12)25(15-10-22-11-15)20(24-18)13-5-3-2-4-6-13/h2-9,15,22H,10-11H2,1H3. The van der Waals surface area contributed by atoms with E-state index in [-0.39, 0.29) is 0 Å². The van der Waals surface area contributed by atoms with E-state index in [2.05, 4.69) is 40.2 Å². The summed E-state index contributed by atoms with van der Waals surface area (Å²) < 4.78 is 2.38. The number of fused-ring (bicyclic) bond motifs is 3. The Labute approximate surface area is 150 Å². The van der Waals surface area contributed by atoms with Crippen LogP contribution in [-0.2, 0) is 0 Å². The maximum absolute atomic E-state index is 6.19. The molecule has 0 spiro atoms. The minimum atomic E-state index is 0.404. The van der Waals surface area contributed by atoms with Crippen molar-refractivity contribution in [2.24, 2.45) is 0 Å². The number of halogens is 1. The van der Waals surface area contributed by atoms with Crippen LogP contribution in [0.15, 0.2) is 48.5 Å². The molecule has 0 unspecified atom stereocenters. The lowest BCUT2D eigenvalue weighted by atomic mass is 10.1. The average molecular weight is 349 g/mol. The number of hydrogen-bond donors (Lipinski definition) is 1. The van der Waals surface area contributed by atoms with Gasteiger partial charge in [0.15, 0.2) is 0 Å². The molecule has 25 heavy (non-hydrogen) atoms. The minimum Gasteiger partial charge on any atom is -0.318 e. The van der Waals surface area contributed by atoms with Crippen molar-refractivity contribution < 1.29 is 0 Å². The summed E-state index contributed by atoms with van der Waals surface area (Å²) in [5.41, 5.74) is 5.12. The number of aromatic nitrogens is 3. The fraction of sp³-hybridized carbons (Fsp3) is 0.200. The number of pyridine rings is 1. The van der Waals surface area contributed by atoms with Gasteiger partial charge in [0, 0.05) is 29.1 Å². The SMILES string of the molecule is Cc1nc2cc(Cl)ccc2c2c1nc(-c1ccccc1)n2C1CNC1. The van der Waals surface area contributed by atoms with E-state index < -0.39 is 0 Å². The second-order valence-corrected chi connectivity index (χ2v) is 6.98. The summed E-state index contributed by atoms with van der Waals surface area (Å²) in [6.45, 7) is 3.94. The number of nitrogens with zero attached hydrogens (tertiary/aromatic N) is 3. The van der Waals surface area contributed by atoms with Crippen molar-refractivity contribution in [3.63, 3.8) is 0 Å². The Balaban J connectivity index is 1.92. The van der Waals surface area contributed by atoms with Crippen molar-refractivity contribution in [3.05, 3.63) is 59.2 Å². The molecule has 1 saturated heterocycles. The van der Waals surface area contributed by atoms with E-state index in [9.17, 15) is 0 Å². The van der Waals surface area contributed by atoms with Gasteiger partial charge in [-0.15, -0.1) is 0 Å². The van der Waals surface area contributed by atoms with Gasteiger partial charge in [0.25, 0.3) is 0 Å². The van der Waals surface area contributed by atoms with Gasteiger partial charge in [0.2, 0.25) is 0 Å². The second kappa shape index (κ2) is 5.55. The Morgan fingerprint density at radius 3 is 2.60 bits per heavy atom. The largest absolute Gasteiger partial charge is 0.318 e. The van der Waals surface area contributed by atoms with Crippen molar-refractivity contribution in [2.45, 2.75) is 13.0 Å². The summed E-state index contributed by atoms with van der Waals surface area (Å²) >= 11 is 6.19. The molecule has 4 nitrogen and oxygen atoms in total. The molecule has 1 fully saturated rings. The van der Waals surface area contributed by atoms with Crippen LogP contribution in [0.3, 0.4) is 0 Å². The fourth-order valence-electron chi connectivity index (χ4n) is 3.58. The van der Waals surface area contributed by atoms with E-state index in [0.717, 1.165) is 52.1 Å². The maximum atomic E-state index is 6.19. The summed E-state index contributed by atoms with van der Waals surface area (Å²) in [7, 11) is 0. The zero-order chi connectivity index (χ0) is 17.0. The molecule has 2 aromatic carbocycles. The van der Waals surface area contributed by atoms with Crippen LogP contribution in [0.25, 0.3) is 33.3 Å². The number of rotatable bonds is 2. The minimum absolute atomic E-state index is 0.404. The molecule has 4 aromatic rings. The van der Waals surface area contributed by atoms with E-state index in [1.54, 1.807) is 0 Å². The van der Waals surface area contributed by atoms with Gasteiger partial charge < -0.3 is 9.88 Å². The van der Waals surface area contributed by atoms with Crippen LogP contribution in [-0.4, -0.2) is 27.6 Å². The number of benzene rings is 2. The van der Waals surface area contributed by atoms with E-state index in [0.29, 0.717) is 11.1 Å². The Hall–Kier alpha value is -2.43. The summed E-state index contributed by atoms with van der Waals surface area (Å²) in [6, 6.07) is 16.7. The van der Waals surface area contributed by atoms with Crippen LogP contribution in [0.1, 0.15) is 11.7 Å². The molecular weight excluding hydrogens is 332 g/mol. The molecule has 1 N–H and O–H groups in total. The van der Waals surface area contributed by atoms with Crippen LogP contribution in [0.2, 0.25) is 5.02 Å². The zero-order valence-electron chi connectivity index (χ0n) is 13.8. The highest BCUT2D eigenvalue weighted by Crippen LogP contribution is 2.35. The highest BCUT2D eigenvalue weighted by molar-refractivity contribution is 6.31. The summed E-state index contributed by atoms with van der Waals surface area (Å²) in [5.74, 6) is 1.01. The van der Waals surface area contributed by atoms with E-state index in [1.807, 2.05) is 25.1 Å². The molecule has 0 saturated carbocycles. The van der Waals surface area contributed by atoms with Gasteiger partial charge in [-0.25, -0.2) is 4.98 Å². The number of imidazole rings is 1. The fourth-order valence-corrected chi connectivity index (χ4v) is 3.74. The molecule has 2 aromatic heterocycles. The Bertz CT molecular complexity index is 1100. The lowest BCUT2D eigenvalue weighted by Crippen LogP contribution is -2.43. The molecule has 124 valence electrons. The van der Waals surface area contributed by atoms with Crippen molar-refractivity contribution in [2.75, 3.05) is 13.1 Å². The highest BCUT2D eigenvalue weighted by Gasteiger charge is 2.27. The molecule has 0 amide bonds. The quantitative estimate of drug-likeness (QED) is 0.585. The van der Waals surface area contributed by atoms with Crippen LogP contribution in [0.5, 0.6) is 0 Å². The maximum Gasteiger partial charge on any atom is 0.141 e.